The number of rotatable bonds is 12. The van der Waals surface area contributed by atoms with Gasteiger partial charge in [-0.2, -0.15) is 0 Å². The minimum Gasteiger partial charge on any atom is -0.205 e. The summed E-state index contributed by atoms with van der Waals surface area (Å²) in [6, 6.07) is 4.62. The second-order valence-electron chi connectivity index (χ2n) is 6.02. The van der Waals surface area contributed by atoms with Crippen molar-refractivity contribution in [2.24, 2.45) is 0 Å². The first-order valence-electron chi connectivity index (χ1n) is 8.84. The maximum absolute atomic E-state index is 2.34. The Hall–Kier alpha value is -0.850. The molecule has 114 valence electrons. The molecule has 0 fully saturated rings. The van der Waals surface area contributed by atoms with Crippen LogP contribution in [0.2, 0.25) is 0 Å². The normalized spacial score (nSPS) is 10.9. The predicted octanol–water partition coefficient (Wildman–Crippen LogP) is 5.46. The van der Waals surface area contributed by atoms with Crippen LogP contribution in [0.3, 0.4) is 0 Å². The first-order chi connectivity index (χ1) is 9.86. The van der Waals surface area contributed by atoms with Crippen molar-refractivity contribution >= 4 is 0 Å². The van der Waals surface area contributed by atoms with Gasteiger partial charge in [0, 0.05) is 18.6 Å². The third-order valence-corrected chi connectivity index (χ3v) is 4.05. The maximum atomic E-state index is 2.34. The third kappa shape index (κ3) is 8.35. The molecule has 0 radical (unpaired) electrons. The molecule has 0 bridgehead atoms. The first kappa shape index (κ1) is 17.2. The number of aryl methyl sites for hydroxylation is 2. The quantitative estimate of drug-likeness (QED) is 0.353. The maximum Gasteiger partial charge on any atom is 0.169 e. The van der Waals surface area contributed by atoms with Crippen molar-refractivity contribution in [3.63, 3.8) is 0 Å². The monoisotopic (exact) mass is 276 g/mol. The molecule has 0 spiro atoms. The van der Waals surface area contributed by atoms with Crippen LogP contribution in [-0.4, -0.2) is 0 Å². The average Bonchev–Trinajstić information content (AvgIpc) is 2.48. The van der Waals surface area contributed by atoms with Crippen LogP contribution in [0.1, 0.15) is 83.6 Å². The zero-order valence-electron chi connectivity index (χ0n) is 13.7. The van der Waals surface area contributed by atoms with Crippen LogP contribution in [-0.2, 0) is 13.0 Å². The Bertz CT molecular complexity index is 282. The lowest BCUT2D eigenvalue weighted by molar-refractivity contribution is -0.697. The van der Waals surface area contributed by atoms with Crippen LogP contribution in [0, 0.1) is 0 Å². The fraction of sp³-hybridized carbons (Fsp3) is 0.737. The molecule has 0 aliphatic rings. The summed E-state index contributed by atoms with van der Waals surface area (Å²) < 4.78 is 2.34. The van der Waals surface area contributed by atoms with Gasteiger partial charge in [0.1, 0.15) is 6.54 Å². The van der Waals surface area contributed by atoms with E-state index in [1.807, 2.05) is 0 Å². The lowest BCUT2D eigenvalue weighted by Crippen LogP contribution is -2.32. The fourth-order valence-electron chi connectivity index (χ4n) is 2.63. The number of hydrogen-bond acceptors (Lipinski definition) is 0. The predicted molar refractivity (Wildman–Crippen MR) is 87.9 cm³/mol. The molecule has 20 heavy (non-hydrogen) atoms. The van der Waals surface area contributed by atoms with Gasteiger partial charge in [-0.05, 0) is 24.8 Å². The summed E-state index contributed by atoms with van der Waals surface area (Å²) in [5.41, 5.74) is 1.50. The van der Waals surface area contributed by atoms with Crippen molar-refractivity contribution in [3.05, 3.63) is 30.1 Å². The zero-order chi connectivity index (χ0) is 14.5. The largest absolute Gasteiger partial charge is 0.205 e. The number of pyridine rings is 1. The second kappa shape index (κ2) is 11.9. The standard InChI is InChI=1S/C19H34N/c1-3-5-7-9-11-13-19-14-17-20(18-15-19)16-12-10-8-6-4-2/h14-15,17-18H,3-13,16H2,1-2H3/q+1. The van der Waals surface area contributed by atoms with E-state index in [1.54, 1.807) is 0 Å². The van der Waals surface area contributed by atoms with E-state index in [2.05, 4.69) is 42.9 Å². The highest BCUT2D eigenvalue weighted by atomic mass is 14.9. The minimum atomic E-state index is 1.18. The Labute approximate surface area is 126 Å². The number of nitrogens with zero attached hydrogens (tertiary/aromatic N) is 1. The second-order valence-corrected chi connectivity index (χ2v) is 6.02. The summed E-state index contributed by atoms with van der Waals surface area (Å²) in [6.07, 6.45) is 19.5. The van der Waals surface area contributed by atoms with E-state index in [0.29, 0.717) is 0 Å². The number of hydrogen-bond donors (Lipinski definition) is 0. The summed E-state index contributed by atoms with van der Waals surface area (Å²) in [5.74, 6) is 0. The summed E-state index contributed by atoms with van der Waals surface area (Å²) in [7, 11) is 0. The van der Waals surface area contributed by atoms with Gasteiger partial charge in [0.15, 0.2) is 12.4 Å². The smallest absolute Gasteiger partial charge is 0.169 e. The van der Waals surface area contributed by atoms with Gasteiger partial charge in [0.25, 0.3) is 0 Å². The van der Waals surface area contributed by atoms with Gasteiger partial charge in [-0.25, -0.2) is 4.57 Å². The molecule has 0 N–H and O–H groups in total. The lowest BCUT2D eigenvalue weighted by Gasteiger charge is -2.02. The molecule has 1 heterocycles. The van der Waals surface area contributed by atoms with Crippen molar-refractivity contribution in [1.29, 1.82) is 0 Å². The molecule has 0 atom stereocenters. The van der Waals surface area contributed by atoms with E-state index in [9.17, 15) is 0 Å². The zero-order valence-corrected chi connectivity index (χ0v) is 13.7. The molecular weight excluding hydrogens is 242 g/mol. The fourth-order valence-corrected chi connectivity index (χ4v) is 2.63. The van der Waals surface area contributed by atoms with Crippen LogP contribution in [0.15, 0.2) is 24.5 Å². The highest BCUT2D eigenvalue weighted by molar-refractivity contribution is 5.07. The Morgan fingerprint density at radius 3 is 1.85 bits per heavy atom. The van der Waals surface area contributed by atoms with E-state index >= 15 is 0 Å². The van der Waals surface area contributed by atoms with Crippen molar-refractivity contribution in [3.8, 4) is 0 Å². The molecular formula is C19H34N+. The van der Waals surface area contributed by atoms with Crippen molar-refractivity contribution in [1.82, 2.24) is 0 Å². The van der Waals surface area contributed by atoms with Gasteiger partial charge in [-0.3, -0.25) is 0 Å². The molecule has 1 rings (SSSR count). The van der Waals surface area contributed by atoms with Gasteiger partial charge in [0.05, 0.1) is 0 Å². The molecule has 1 nitrogen and oxygen atoms in total. The van der Waals surface area contributed by atoms with Crippen molar-refractivity contribution in [2.45, 2.75) is 91.0 Å². The van der Waals surface area contributed by atoms with Crippen LogP contribution >= 0.6 is 0 Å². The highest BCUT2D eigenvalue weighted by Crippen LogP contribution is 2.08. The van der Waals surface area contributed by atoms with Gasteiger partial charge >= 0.3 is 0 Å². The molecule has 0 aliphatic heterocycles. The van der Waals surface area contributed by atoms with Gasteiger partial charge in [-0.1, -0.05) is 58.8 Å². The van der Waals surface area contributed by atoms with E-state index < -0.39 is 0 Å². The Balaban J connectivity index is 2.13. The van der Waals surface area contributed by atoms with E-state index in [4.69, 9.17) is 0 Å². The molecule has 0 unspecified atom stereocenters. The van der Waals surface area contributed by atoms with Gasteiger partial charge < -0.3 is 0 Å². The molecule has 1 heteroatoms. The molecule has 0 amide bonds. The Kier molecular flexibility index (Phi) is 10.3. The Morgan fingerprint density at radius 1 is 0.700 bits per heavy atom. The van der Waals surface area contributed by atoms with Crippen LogP contribution in [0.4, 0.5) is 0 Å². The molecule has 0 aliphatic carbocycles. The van der Waals surface area contributed by atoms with Crippen LogP contribution < -0.4 is 4.57 Å². The van der Waals surface area contributed by atoms with Crippen LogP contribution in [0.25, 0.3) is 0 Å². The Morgan fingerprint density at radius 2 is 1.25 bits per heavy atom. The van der Waals surface area contributed by atoms with Crippen molar-refractivity contribution in [2.75, 3.05) is 0 Å². The molecule has 1 aromatic rings. The third-order valence-electron chi connectivity index (χ3n) is 4.05. The van der Waals surface area contributed by atoms with Crippen molar-refractivity contribution < 1.29 is 4.57 Å². The summed E-state index contributed by atoms with van der Waals surface area (Å²) >= 11 is 0. The van der Waals surface area contributed by atoms with Gasteiger partial charge in [0.2, 0.25) is 0 Å². The summed E-state index contributed by atoms with van der Waals surface area (Å²) in [5, 5.41) is 0. The molecule has 1 aromatic heterocycles. The summed E-state index contributed by atoms with van der Waals surface area (Å²) in [4.78, 5) is 0. The molecule has 0 aromatic carbocycles. The SMILES string of the molecule is CCCCCCCc1cc[n+](CCCCCCC)cc1. The van der Waals surface area contributed by atoms with E-state index in [-0.39, 0.29) is 0 Å². The molecule has 0 saturated carbocycles. The first-order valence-corrected chi connectivity index (χ1v) is 8.84. The number of aromatic nitrogens is 1. The summed E-state index contributed by atoms with van der Waals surface area (Å²) in [6.45, 7) is 5.73. The topological polar surface area (TPSA) is 3.88 Å². The lowest BCUT2D eigenvalue weighted by atomic mass is 10.1. The number of unbranched alkanes of at least 4 members (excludes halogenated alkanes) is 8. The average molecular weight is 276 g/mol. The molecule has 0 saturated heterocycles. The van der Waals surface area contributed by atoms with E-state index in [1.165, 1.54) is 82.7 Å². The van der Waals surface area contributed by atoms with Crippen LogP contribution in [0.5, 0.6) is 0 Å². The van der Waals surface area contributed by atoms with E-state index in [0.717, 1.165) is 0 Å². The minimum absolute atomic E-state index is 1.18. The van der Waals surface area contributed by atoms with Gasteiger partial charge in [-0.15, -0.1) is 0 Å². The highest BCUT2D eigenvalue weighted by Gasteiger charge is 2.01.